The average molecular weight is 224 g/mol. The molecule has 1 unspecified atom stereocenters. The normalized spacial score (nSPS) is 12.2. The van der Waals surface area contributed by atoms with Crippen molar-refractivity contribution in [2.24, 2.45) is 0 Å². The first-order chi connectivity index (χ1) is 7.58. The summed E-state index contributed by atoms with van der Waals surface area (Å²) in [5.74, 6) is -0.351. The van der Waals surface area contributed by atoms with E-state index in [4.69, 9.17) is 14.6 Å². The highest BCUT2D eigenvalue weighted by atomic mass is 16.5. The molecule has 1 aromatic rings. The Morgan fingerprint density at radius 3 is 2.62 bits per heavy atom. The Hall–Kier alpha value is -1.55. The molecule has 4 nitrogen and oxygen atoms in total. The Morgan fingerprint density at radius 1 is 1.44 bits per heavy atom. The highest BCUT2D eigenvalue weighted by Gasteiger charge is 2.20. The molecule has 0 aromatic heterocycles. The van der Waals surface area contributed by atoms with Gasteiger partial charge in [-0.2, -0.15) is 0 Å². The smallest absolute Gasteiger partial charge is 0.337 e. The monoisotopic (exact) mass is 224 g/mol. The third-order valence-electron chi connectivity index (χ3n) is 2.17. The molecule has 0 amide bonds. The fraction of sp³-hybridized carbons (Fsp3) is 0.417. The van der Waals surface area contributed by atoms with E-state index in [1.165, 1.54) is 0 Å². The topological polar surface area (TPSA) is 55.8 Å². The van der Waals surface area contributed by atoms with Crippen molar-refractivity contribution in [2.45, 2.75) is 20.0 Å². The summed E-state index contributed by atoms with van der Waals surface area (Å²) in [5.41, 5.74) is 1.55. The van der Waals surface area contributed by atoms with Crippen LogP contribution in [-0.4, -0.2) is 24.8 Å². The van der Waals surface area contributed by atoms with Gasteiger partial charge >= 0.3 is 5.97 Å². The molecule has 0 saturated heterocycles. The van der Waals surface area contributed by atoms with Crippen molar-refractivity contribution in [1.82, 2.24) is 0 Å². The molecule has 0 aliphatic heterocycles. The Kier molecular flexibility index (Phi) is 4.31. The molecular formula is C12H16O4. The summed E-state index contributed by atoms with van der Waals surface area (Å²) >= 11 is 0. The molecule has 0 aliphatic rings. The van der Waals surface area contributed by atoms with Gasteiger partial charge in [0.25, 0.3) is 0 Å². The van der Waals surface area contributed by atoms with Gasteiger partial charge in [0.1, 0.15) is 5.75 Å². The molecule has 4 heteroatoms. The highest BCUT2D eigenvalue weighted by molar-refractivity contribution is 5.74. The summed E-state index contributed by atoms with van der Waals surface area (Å²) in [6.07, 6.45) is -0.932. The minimum absolute atomic E-state index is 0.354. The Balaban J connectivity index is 3.08. The minimum atomic E-state index is -0.991. The van der Waals surface area contributed by atoms with Crippen LogP contribution in [0, 0.1) is 6.92 Å². The van der Waals surface area contributed by atoms with E-state index in [9.17, 15) is 4.79 Å². The van der Waals surface area contributed by atoms with Crippen molar-refractivity contribution in [3.63, 3.8) is 0 Å². The van der Waals surface area contributed by atoms with Crippen molar-refractivity contribution in [3.05, 3.63) is 29.3 Å². The van der Waals surface area contributed by atoms with Crippen molar-refractivity contribution in [3.8, 4) is 5.75 Å². The van der Waals surface area contributed by atoms with Crippen molar-refractivity contribution < 1.29 is 19.4 Å². The average Bonchev–Trinajstić information content (AvgIpc) is 2.24. The number of carboxylic acid groups (broad SMARTS) is 1. The lowest BCUT2D eigenvalue weighted by atomic mass is 10.1. The first-order valence-electron chi connectivity index (χ1n) is 5.08. The van der Waals surface area contributed by atoms with Crippen LogP contribution < -0.4 is 4.74 Å². The maximum Gasteiger partial charge on any atom is 0.337 e. The lowest BCUT2D eigenvalue weighted by Crippen LogP contribution is -2.15. The third-order valence-corrected chi connectivity index (χ3v) is 2.17. The van der Waals surface area contributed by atoms with Crippen LogP contribution in [0.3, 0.4) is 0 Å². The van der Waals surface area contributed by atoms with Crippen LogP contribution in [0.4, 0.5) is 0 Å². The number of ether oxygens (including phenoxy) is 2. The number of rotatable bonds is 5. The van der Waals surface area contributed by atoms with E-state index in [0.717, 1.165) is 5.56 Å². The second kappa shape index (κ2) is 5.51. The second-order valence-electron chi connectivity index (χ2n) is 3.46. The van der Waals surface area contributed by atoms with Crippen molar-refractivity contribution >= 4 is 5.97 Å². The first-order valence-corrected chi connectivity index (χ1v) is 5.08. The number of benzene rings is 1. The zero-order chi connectivity index (χ0) is 12.1. The van der Waals surface area contributed by atoms with Gasteiger partial charge in [0, 0.05) is 6.61 Å². The number of aliphatic carboxylic acids is 1. The highest BCUT2D eigenvalue weighted by Crippen LogP contribution is 2.24. The fourth-order valence-corrected chi connectivity index (χ4v) is 1.52. The molecule has 0 aliphatic carbocycles. The predicted octanol–water partition coefficient (Wildman–Crippen LogP) is 2.17. The van der Waals surface area contributed by atoms with Gasteiger partial charge in [-0.1, -0.05) is 6.07 Å². The number of methoxy groups -OCH3 is 1. The molecular weight excluding hydrogens is 208 g/mol. The molecule has 1 aromatic carbocycles. The van der Waals surface area contributed by atoms with Crippen LogP contribution in [0.2, 0.25) is 0 Å². The molecule has 0 heterocycles. The summed E-state index contributed by atoms with van der Waals surface area (Å²) < 4.78 is 10.3. The van der Waals surface area contributed by atoms with Gasteiger partial charge in [-0.25, -0.2) is 4.79 Å². The Bertz CT molecular complexity index is 373. The van der Waals surface area contributed by atoms with E-state index in [2.05, 4.69) is 0 Å². The van der Waals surface area contributed by atoms with Crippen LogP contribution in [0.15, 0.2) is 18.2 Å². The summed E-state index contributed by atoms with van der Waals surface area (Å²) in [6.45, 7) is 4.01. The number of aryl methyl sites for hydroxylation is 1. The maximum atomic E-state index is 11.0. The molecule has 1 N–H and O–H groups in total. The van der Waals surface area contributed by atoms with Crippen LogP contribution >= 0.6 is 0 Å². The first kappa shape index (κ1) is 12.5. The van der Waals surface area contributed by atoms with Crippen LogP contribution in [0.5, 0.6) is 5.75 Å². The van der Waals surface area contributed by atoms with Crippen LogP contribution in [0.1, 0.15) is 24.2 Å². The van der Waals surface area contributed by atoms with Crippen LogP contribution in [0.25, 0.3) is 0 Å². The van der Waals surface area contributed by atoms with E-state index in [1.807, 2.05) is 13.0 Å². The van der Waals surface area contributed by atoms with Gasteiger partial charge < -0.3 is 14.6 Å². The van der Waals surface area contributed by atoms with E-state index in [1.54, 1.807) is 26.2 Å². The van der Waals surface area contributed by atoms with Gasteiger partial charge in [0.15, 0.2) is 6.10 Å². The van der Waals surface area contributed by atoms with E-state index < -0.39 is 12.1 Å². The minimum Gasteiger partial charge on any atom is -0.497 e. The van der Waals surface area contributed by atoms with E-state index >= 15 is 0 Å². The summed E-state index contributed by atoms with van der Waals surface area (Å²) in [4.78, 5) is 11.0. The Labute approximate surface area is 94.8 Å². The zero-order valence-electron chi connectivity index (χ0n) is 9.69. The molecule has 0 bridgehead atoms. The molecule has 16 heavy (non-hydrogen) atoms. The second-order valence-corrected chi connectivity index (χ2v) is 3.46. The van der Waals surface area contributed by atoms with Crippen molar-refractivity contribution in [1.29, 1.82) is 0 Å². The SMILES string of the molecule is CCOC(C(=O)O)c1cc(C)cc(OC)c1. The van der Waals surface area contributed by atoms with Gasteiger partial charge in [-0.05, 0) is 37.1 Å². The summed E-state index contributed by atoms with van der Waals surface area (Å²) in [6, 6.07) is 5.31. The fourth-order valence-electron chi connectivity index (χ4n) is 1.52. The van der Waals surface area contributed by atoms with Gasteiger partial charge in [0.05, 0.1) is 7.11 Å². The van der Waals surface area contributed by atoms with E-state index in [-0.39, 0.29) is 0 Å². The number of carboxylic acids is 1. The molecule has 0 spiro atoms. The Morgan fingerprint density at radius 2 is 2.12 bits per heavy atom. The molecule has 0 saturated carbocycles. The zero-order valence-corrected chi connectivity index (χ0v) is 9.69. The number of hydrogen-bond donors (Lipinski definition) is 1. The molecule has 0 radical (unpaired) electrons. The molecule has 1 rings (SSSR count). The quantitative estimate of drug-likeness (QED) is 0.832. The molecule has 88 valence electrons. The largest absolute Gasteiger partial charge is 0.497 e. The third kappa shape index (κ3) is 2.97. The standard InChI is InChI=1S/C12H16O4/c1-4-16-11(12(13)14)9-5-8(2)6-10(7-9)15-3/h5-7,11H,4H2,1-3H3,(H,13,14). The number of hydrogen-bond acceptors (Lipinski definition) is 3. The molecule has 0 fully saturated rings. The molecule has 1 atom stereocenters. The summed E-state index contributed by atoms with van der Waals surface area (Å²) in [7, 11) is 1.55. The summed E-state index contributed by atoms with van der Waals surface area (Å²) in [5, 5.41) is 9.05. The lowest BCUT2D eigenvalue weighted by molar-refractivity contribution is -0.150. The van der Waals surface area contributed by atoms with Gasteiger partial charge in [-0.3, -0.25) is 0 Å². The number of carbonyl (C=O) groups is 1. The predicted molar refractivity (Wildman–Crippen MR) is 59.7 cm³/mol. The maximum absolute atomic E-state index is 11.0. The van der Waals surface area contributed by atoms with Crippen molar-refractivity contribution in [2.75, 3.05) is 13.7 Å². The van der Waals surface area contributed by atoms with Gasteiger partial charge in [0.2, 0.25) is 0 Å². The van der Waals surface area contributed by atoms with E-state index in [0.29, 0.717) is 17.9 Å². The van der Waals surface area contributed by atoms with Gasteiger partial charge in [-0.15, -0.1) is 0 Å². The van der Waals surface area contributed by atoms with Crippen LogP contribution in [-0.2, 0) is 9.53 Å². The lowest BCUT2D eigenvalue weighted by Gasteiger charge is -2.14.